The van der Waals surface area contributed by atoms with Crippen LogP contribution in [0, 0.1) is 0 Å². The Morgan fingerprint density at radius 2 is 2.00 bits per heavy atom. The maximum Gasteiger partial charge on any atom is 0.0332 e. The van der Waals surface area contributed by atoms with Gasteiger partial charge in [-0.2, -0.15) is 0 Å². The molecule has 0 aliphatic heterocycles. The second-order valence-corrected chi connectivity index (χ2v) is 5.56. The van der Waals surface area contributed by atoms with Crippen LogP contribution in [0.1, 0.15) is 44.1 Å². The molecule has 0 atom stereocenters. The predicted octanol–water partition coefficient (Wildman–Crippen LogP) is 2.57. The fourth-order valence-corrected chi connectivity index (χ4v) is 3.06. The molecule has 0 spiro atoms. The van der Waals surface area contributed by atoms with Gasteiger partial charge in [0.25, 0.3) is 0 Å². The normalized spacial score (nSPS) is 19.7. The number of nitrogens with two attached hydrogens (primary N) is 1. The first-order chi connectivity index (χ1) is 8.77. The number of aromatic nitrogens is 1. The van der Waals surface area contributed by atoms with E-state index in [0.29, 0.717) is 0 Å². The van der Waals surface area contributed by atoms with E-state index in [1.165, 1.54) is 44.1 Å². The summed E-state index contributed by atoms with van der Waals surface area (Å²) < 4.78 is 0. The summed E-state index contributed by atoms with van der Waals surface area (Å²) >= 11 is 0. The molecule has 1 aromatic rings. The summed E-state index contributed by atoms with van der Waals surface area (Å²) in [6.07, 6.45) is 11.6. The molecule has 3 nitrogen and oxygen atoms in total. The molecule has 100 valence electrons. The molecule has 1 heterocycles. The summed E-state index contributed by atoms with van der Waals surface area (Å²) in [5.41, 5.74) is 7.58. The molecule has 0 bridgehead atoms. The van der Waals surface area contributed by atoms with E-state index in [2.05, 4.69) is 23.0 Å². The van der Waals surface area contributed by atoms with E-state index in [-0.39, 0.29) is 5.54 Å². The largest absolute Gasteiger partial charge is 0.329 e. The van der Waals surface area contributed by atoms with Crippen LogP contribution in [0.5, 0.6) is 0 Å². The van der Waals surface area contributed by atoms with Crippen molar-refractivity contribution < 1.29 is 0 Å². The number of hydrogen-bond acceptors (Lipinski definition) is 3. The average molecular weight is 247 g/mol. The van der Waals surface area contributed by atoms with Crippen molar-refractivity contribution in [3.05, 3.63) is 30.1 Å². The van der Waals surface area contributed by atoms with Gasteiger partial charge in [0.1, 0.15) is 0 Å². The molecule has 1 aromatic heterocycles. The highest BCUT2D eigenvalue weighted by molar-refractivity contribution is 5.09. The fraction of sp³-hybridized carbons (Fsp3) is 0.667. The number of likely N-dealkylation sites (N-methyl/N-ethyl adjacent to an activating group) is 1. The van der Waals surface area contributed by atoms with Crippen LogP contribution in [0.15, 0.2) is 24.5 Å². The molecule has 18 heavy (non-hydrogen) atoms. The summed E-state index contributed by atoms with van der Waals surface area (Å²) in [6, 6.07) is 4.15. The minimum atomic E-state index is 0.201. The average Bonchev–Trinajstić information content (AvgIpc) is 2.66. The van der Waals surface area contributed by atoms with Crippen molar-refractivity contribution in [2.24, 2.45) is 5.73 Å². The van der Waals surface area contributed by atoms with Crippen LogP contribution in [-0.4, -0.2) is 29.0 Å². The van der Waals surface area contributed by atoms with Gasteiger partial charge in [-0.3, -0.25) is 9.88 Å². The number of rotatable bonds is 4. The summed E-state index contributed by atoms with van der Waals surface area (Å²) in [4.78, 5) is 6.65. The molecular formula is C15H25N3. The van der Waals surface area contributed by atoms with Gasteiger partial charge in [0.05, 0.1) is 0 Å². The van der Waals surface area contributed by atoms with Gasteiger partial charge in [0.2, 0.25) is 0 Å². The van der Waals surface area contributed by atoms with Gasteiger partial charge in [0, 0.05) is 31.0 Å². The van der Waals surface area contributed by atoms with Crippen LogP contribution in [-0.2, 0) is 6.54 Å². The zero-order chi connectivity index (χ0) is 12.8. The second kappa shape index (κ2) is 6.30. The molecule has 0 aromatic carbocycles. The van der Waals surface area contributed by atoms with Crippen LogP contribution >= 0.6 is 0 Å². The van der Waals surface area contributed by atoms with Crippen LogP contribution in [0.4, 0.5) is 0 Å². The van der Waals surface area contributed by atoms with E-state index in [1.807, 2.05) is 18.5 Å². The molecular weight excluding hydrogens is 222 g/mol. The first-order valence-electron chi connectivity index (χ1n) is 7.07. The minimum absolute atomic E-state index is 0.201. The maximum atomic E-state index is 6.10. The van der Waals surface area contributed by atoms with E-state index in [9.17, 15) is 0 Å². The monoisotopic (exact) mass is 247 g/mol. The van der Waals surface area contributed by atoms with Crippen molar-refractivity contribution >= 4 is 0 Å². The summed E-state index contributed by atoms with van der Waals surface area (Å²) in [7, 11) is 2.21. The molecule has 2 N–H and O–H groups in total. The van der Waals surface area contributed by atoms with Gasteiger partial charge < -0.3 is 5.73 Å². The Hall–Kier alpha value is -0.930. The SMILES string of the molecule is CN(Cc1cccnc1)C1(CN)CCCCCC1. The van der Waals surface area contributed by atoms with Crippen molar-refractivity contribution in [3.8, 4) is 0 Å². The van der Waals surface area contributed by atoms with E-state index in [1.54, 1.807) is 0 Å². The number of pyridine rings is 1. The topological polar surface area (TPSA) is 42.2 Å². The lowest BCUT2D eigenvalue weighted by molar-refractivity contribution is 0.0996. The van der Waals surface area contributed by atoms with E-state index >= 15 is 0 Å². The van der Waals surface area contributed by atoms with Crippen molar-refractivity contribution in [1.29, 1.82) is 0 Å². The summed E-state index contributed by atoms with van der Waals surface area (Å²) in [5.74, 6) is 0. The van der Waals surface area contributed by atoms with E-state index in [4.69, 9.17) is 5.73 Å². The standard InChI is InChI=1S/C15H25N3/c1-18(12-14-7-6-10-17-11-14)15(13-16)8-4-2-3-5-9-15/h6-7,10-11H,2-5,8-9,12-13,16H2,1H3. The molecule has 0 radical (unpaired) electrons. The van der Waals surface area contributed by atoms with Gasteiger partial charge in [-0.25, -0.2) is 0 Å². The Morgan fingerprint density at radius 1 is 1.28 bits per heavy atom. The highest BCUT2D eigenvalue weighted by Crippen LogP contribution is 2.31. The zero-order valence-corrected chi connectivity index (χ0v) is 11.4. The molecule has 0 unspecified atom stereocenters. The lowest BCUT2D eigenvalue weighted by Gasteiger charge is -2.41. The van der Waals surface area contributed by atoms with Crippen molar-refractivity contribution in [2.45, 2.75) is 50.6 Å². The number of nitrogens with zero attached hydrogens (tertiary/aromatic N) is 2. The molecule has 3 heteroatoms. The van der Waals surface area contributed by atoms with Crippen LogP contribution in [0.3, 0.4) is 0 Å². The molecule has 0 amide bonds. The molecule has 1 aliphatic rings. The zero-order valence-electron chi connectivity index (χ0n) is 11.4. The Balaban J connectivity index is 2.06. The fourth-order valence-electron chi connectivity index (χ4n) is 3.06. The predicted molar refractivity (Wildman–Crippen MR) is 75.2 cm³/mol. The Kier molecular flexibility index (Phi) is 4.72. The summed E-state index contributed by atoms with van der Waals surface area (Å²) in [5, 5.41) is 0. The van der Waals surface area contributed by atoms with Gasteiger partial charge in [-0.1, -0.05) is 31.7 Å². The van der Waals surface area contributed by atoms with Crippen LogP contribution in [0.2, 0.25) is 0 Å². The van der Waals surface area contributed by atoms with Crippen molar-refractivity contribution in [3.63, 3.8) is 0 Å². The van der Waals surface area contributed by atoms with Crippen molar-refractivity contribution in [2.75, 3.05) is 13.6 Å². The molecule has 1 fully saturated rings. The van der Waals surface area contributed by atoms with Crippen LogP contribution in [0.25, 0.3) is 0 Å². The minimum Gasteiger partial charge on any atom is -0.329 e. The summed E-state index contributed by atoms with van der Waals surface area (Å²) in [6.45, 7) is 1.72. The van der Waals surface area contributed by atoms with Gasteiger partial charge in [0.15, 0.2) is 0 Å². The molecule has 1 aliphatic carbocycles. The third kappa shape index (κ3) is 3.09. The van der Waals surface area contributed by atoms with Gasteiger partial charge in [-0.05, 0) is 31.5 Å². The lowest BCUT2D eigenvalue weighted by Crippen LogP contribution is -2.51. The Morgan fingerprint density at radius 3 is 2.56 bits per heavy atom. The van der Waals surface area contributed by atoms with Crippen LogP contribution < -0.4 is 5.73 Å². The van der Waals surface area contributed by atoms with Gasteiger partial charge >= 0.3 is 0 Å². The Bertz CT molecular complexity index is 342. The lowest BCUT2D eigenvalue weighted by atomic mass is 9.88. The Labute approximate surface area is 110 Å². The van der Waals surface area contributed by atoms with Gasteiger partial charge in [-0.15, -0.1) is 0 Å². The van der Waals surface area contributed by atoms with E-state index < -0.39 is 0 Å². The quantitative estimate of drug-likeness (QED) is 0.831. The highest BCUT2D eigenvalue weighted by atomic mass is 15.2. The molecule has 0 saturated heterocycles. The first kappa shape index (κ1) is 13.5. The molecule has 1 saturated carbocycles. The third-order valence-corrected chi connectivity index (χ3v) is 4.37. The van der Waals surface area contributed by atoms with Crippen molar-refractivity contribution in [1.82, 2.24) is 9.88 Å². The number of hydrogen-bond donors (Lipinski definition) is 1. The smallest absolute Gasteiger partial charge is 0.0332 e. The maximum absolute atomic E-state index is 6.10. The van der Waals surface area contributed by atoms with E-state index in [0.717, 1.165) is 13.1 Å². The highest BCUT2D eigenvalue weighted by Gasteiger charge is 2.33. The second-order valence-electron chi connectivity index (χ2n) is 5.56. The third-order valence-electron chi connectivity index (χ3n) is 4.37. The molecule has 2 rings (SSSR count). The first-order valence-corrected chi connectivity index (χ1v) is 7.07.